The van der Waals surface area contributed by atoms with E-state index in [2.05, 4.69) is 20.7 Å². The van der Waals surface area contributed by atoms with Crippen molar-refractivity contribution in [2.24, 2.45) is 5.41 Å². The first-order valence-electron chi connectivity index (χ1n) is 5.40. The van der Waals surface area contributed by atoms with Crippen LogP contribution in [-0.4, -0.2) is 20.3 Å². The van der Waals surface area contributed by atoms with Gasteiger partial charge in [-0.1, -0.05) is 48.0 Å². The molecular formula is C12H18BrNO2S. The average molecular weight is 320 g/mol. The van der Waals surface area contributed by atoms with Gasteiger partial charge in [-0.25, -0.2) is 13.1 Å². The van der Waals surface area contributed by atoms with Crippen molar-refractivity contribution in [2.45, 2.75) is 25.7 Å². The lowest BCUT2D eigenvalue weighted by Gasteiger charge is -2.22. The number of rotatable bonds is 5. The van der Waals surface area contributed by atoms with Gasteiger partial charge in [-0.05, 0) is 24.0 Å². The van der Waals surface area contributed by atoms with Crippen molar-refractivity contribution in [3.8, 4) is 0 Å². The van der Waals surface area contributed by atoms with Crippen LogP contribution in [0.4, 0.5) is 0 Å². The molecule has 17 heavy (non-hydrogen) atoms. The maximum absolute atomic E-state index is 12.1. The van der Waals surface area contributed by atoms with E-state index in [1.54, 1.807) is 25.1 Å². The Morgan fingerprint density at radius 1 is 1.29 bits per heavy atom. The molecule has 0 unspecified atom stereocenters. The van der Waals surface area contributed by atoms with Crippen LogP contribution in [-0.2, 0) is 10.0 Å². The molecule has 5 heteroatoms. The quantitative estimate of drug-likeness (QED) is 0.848. The van der Waals surface area contributed by atoms with Gasteiger partial charge in [-0.2, -0.15) is 0 Å². The van der Waals surface area contributed by atoms with Gasteiger partial charge in [0.15, 0.2) is 0 Å². The van der Waals surface area contributed by atoms with E-state index in [1.165, 1.54) is 0 Å². The molecule has 0 saturated carbocycles. The molecule has 0 aromatic heterocycles. The van der Waals surface area contributed by atoms with E-state index in [4.69, 9.17) is 0 Å². The minimum Gasteiger partial charge on any atom is -0.211 e. The summed E-state index contributed by atoms with van der Waals surface area (Å²) in [5.74, 6) is 0. The number of benzene rings is 1. The Balaban J connectivity index is 2.88. The van der Waals surface area contributed by atoms with Crippen LogP contribution in [0.1, 0.15) is 19.4 Å². The molecule has 0 atom stereocenters. The summed E-state index contributed by atoms with van der Waals surface area (Å²) in [6.45, 7) is 6.21. The number of halogens is 1. The maximum Gasteiger partial charge on any atom is 0.240 e. The van der Waals surface area contributed by atoms with Crippen molar-refractivity contribution in [2.75, 3.05) is 11.9 Å². The third kappa shape index (κ3) is 4.08. The van der Waals surface area contributed by atoms with E-state index in [-0.39, 0.29) is 5.41 Å². The Labute approximate surface area is 112 Å². The lowest BCUT2D eigenvalue weighted by atomic mass is 9.98. The molecule has 0 fully saturated rings. The van der Waals surface area contributed by atoms with Crippen LogP contribution >= 0.6 is 15.9 Å². The second-order valence-corrected chi connectivity index (χ2v) is 7.18. The summed E-state index contributed by atoms with van der Waals surface area (Å²) < 4.78 is 26.8. The summed E-state index contributed by atoms with van der Waals surface area (Å²) >= 11 is 3.37. The maximum atomic E-state index is 12.1. The molecule has 0 aliphatic rings. The molecule has 0 bridgehead atoms. The van der Waals surface area contributed by atoms with Crippen LogP contribution in [0, 0.1) is 12.3 Å². The largest absolute Gasteiger partial charge is 0.240 e. The van der Waals surface area contributed by atoms with Crippen molar-refractivity contribution >= 4 is 26.0 Å². The smallest absolute Gasteiger partial charge is 0.211 e. The Bertz CT molecular complexity index is 483. The van der Waals surface area contributed by atoms with Gasteiger partial charge in [0, 0.05) is 11.9 Å². The fraction of sp³-hybridized carbons (Fsp3) is 0.500. The highest BCUT2D eigenvalue weighted by Gasteiger charge is 2.22. The van der Waals surface area contributed by atoms with E-state index < -0.39 is 10.0 Å². The minimum atomic E-state index is -3.41. The summed E-state index contributed by atoms with van der Waals surface area (Å²) in [4.78, 5) is 0.352. The predicted molar refractivity (Wildman–Crippen MR) is 73.9 cm³/mol. The van der Waals surface area contributed by atoms with Crippen LogP contribution in [0.5, 0.6) is 0 Å². The lowest BCUT2D eigenvalue weighted by molar-refractivity contribution is 0.420. The second kappa shape index (κ2) is 5.50. The molecule has 1 aromatic carbocycles. The Hall–Kier alpha value is -0.390. The van der Waals surface area contributed by atoms with E-state index in [9.17, 15) is 8.42 Å². The molecular weight excluding hydrogens is 302 g/mol. The summed E-state index contributed by atoms with van der Waals surface area (Å²) in [7, 11) is -3.41. The highest BCUT2D eigenvalue weighted by Crippen LogP contribution is 2.19. The van der Waals surface area contributed by atoms with Crippen LogP contribution < -0.4 is 4.72 Å². The molecule has 0 radical (unpaired) electrons. The molecule has 1 rings (SSSR count). The van der Waals surface area contributed by atoms with Crippen molar-refractivity contribution in [1.82, 2.24) is 4.72 Å². The van der Waals surface area contributed by atoms with Crippen LogP contribution in [0.25, 0.3) is 0 Å². The molecule has 1 aromatic rings. The van der Waals surface area contributed by atoms with Crippen molar-refractivity contribution in [3.63, 3.8) is 0 Å². The first-order chi connectivity index (χ1) is 7.78. The zero-order valence-electron chi connectivity index (χ0n) is 10.3. The molecule has 0 heterocycles. The van der Waals surface area contributed by atoms with Gasteiger partial charge in [0.2, 0.25) is 10.0 Å². The van der Waals surface area contributed by atoms with Gasteiger partial charge >= 0.3 is 0 Å². The third-order valence-corrected chi connectivity index (χ3v) is 5.57. The van der Waals surface area contributed by atoms with E-state index in [0.717, 1.165) is 10.9 Å². The SMILES string of the molecule is Cc1ccccc1S(=O)(=O)NCC(C)(C)CBr. The van der Waals surface area contributed by atoms with Gasteiger partial charge in [-0.3, -0.25) is 0 Å². The van der Waals surface area contributed by atoms with Crippen molar-refractivity contribution in [3.05, 3.63) is 29.8 Å². The number of nitrogens with one attached hydrogen (secondary N) is 1. The number of sulfonamides is 1. The number of aryl methyl sites for hydroxylation is 1. The van der Waals surface area contributed by atoms with Crippen LogP contribution in [0.2, 0.25) is 0 Å². The Morgan fingerprint density at radius 3 is 2.41 bits per heavy atom. The Morgan fingerprint density at radius 2 is 1.88 bits per heavy atom. The van der Waals surface area contributed by atoms with Gasteiger partial charge in [-0.15, -0.1) is 0 Å². The molecule has 3 nitrogen and oxygen atoms in total. The number of hydrogen-bond acceptors (Lipinski definition) is 2. The first-order valence-corrected chi connectivity index (χ1v) is 8.00. The monoisotopic (exact) mass is 319 g/mol. The highest BCUT2D eigenvalue weighted by molar-refractivity contribution is 9.09. The van der Waals surface area contributed by atoms with Gasteiger partial charge in [0.25, 0.3) is 0 Å². The molecule has 0 aliphatic heterocycles. The van der Waals surface area contributed by atoms with Crippen molar-refractivity contribution < 1.29 is 8.42 Å². The zero-order chi connectivity index (χ0) is 13.1. The van der Waals surface area contributed by atoms with E-state index in [1.807, 2.05) is 19.9 Å². The molecule has 96 valence electrons. The fourth-order valence-electron chi connectivity index (χ4n) is 1.27. The van der Waals surface area contributed by atoms with Crippen LogP contribution in [0.15, 0.2) is 29.2 Å². The standard InChI is InChI=1S/C12H18BrNO2S/c1-10-6-4-5-7-11(10)17(15,16)14-9-12(2,3)8-13/h4-7,14H,8-9H2,1-3H3. The summed E-state index contributed by atoms with van der Waals surface area (Å²) in [6.07, 6.45) is 0. The number of hydrogen-bond donors (Lipinski definition) is 1. The molecule has 0 spiro atoms. The molecule has 0 saturated heterocycles. The third-order valence-electron chi connectivity index (χ3n) is 2.49. The summed E-state index contributed by atoms with van der Waals surface area (Å²) in [5.41, 5.74) is 0.659. The molecule has 0 amide bonds. The van der Waals surface area contributed by atoms with Crippen molar-refractivity contribution in [1.29, 1.82) is 0 Å². The second-order valence-electron chi connectivity index (χ2n) is 4.89. The first kappa shape index (κ1) is 14.7. The van der Waals surface area contributed by atoms with E-state index >= 15 is 0 Å². The predicted octanol–water partition coefficient (Wildman–Crippen LogP) is 2.69. The summed E-state index contributed by atoms with van der Waals surface area (Å²) in [6, 6.07) is 6.98. The molecule has 1 N–H and O–H groups in total. The normalized spacial score (nSPS) is 12.7. The lowest BCUT2D eigenvalue weighted by Crippen LogP contribution is -2.35. The zero-order valence-corrected chi connectivity index (χ0v) is 12.7. The van der Waals surface area contributed by atoms with Crippen LogP contribution in [0.3, 0.4) is 0 Å². The number of alkyl halides is 1. The minimum absolute atomic E-state index is 0.101. The average Bonchev–Trinajstić information content (AvgIpc) is 2.27. The Kier molecular flexibility index (Phi) is 4.75. The van der Waals surface area contributed by atoms with Gasteiger partial charge in [0.1, 0.15) is 0 Å². The summed E-state index contributed by atoms with van der Waals surface area (Å²) in [5, 5.41) is 0.746. The fourth-order valence-corrected chi connectivity index (χ4v) is 2.96. The van der Waals surface area contributed by atoms with Gasteiger partial charge in [0.05, 0.1) is 4.90 Å². The topological polar surface area (TPSA) is 46.2 Å². The van der Waals surface area contributed by atoms with E-state index in [0.29, 0.717) is 11.4 Å². The van der Waals surface area contributed by atoms with Gasteiger partial charge < -0.3 is 0 Å². The molecule has 0 aliphatic carbocycles. The highest BCUT2D eigenvalue weighted by atomic mass is 79.9.